The Morgan fingerprint density at radius 2 is 1.74 bits per heavy atom. The van der Waals surface area contributed by atoms with Gasteiger partial charge >= 0.3 is 0 Å². The SMILES string of the molecule is CC(O)(Cc1cccc(Cl)c1Cl)c1cccc(Cl)c1. The van der Waals surface area contributed by atoms with Gasteiger partial charge in [-0.3, -0.25) is 0 Å². The summed E-state index contributed by atoms with van der Waals surface area (Å²) in [5, 5.41) is 12.2. The minimum Gasteiger partial charge on any atom is -0.385 e. The summed E-state index contributed by atoms with van der Waals surface area (Å²) in [5.74, 6) is 0. The summed E-state index contributed by atoms with van der Waals surface area (Å²) in [6, 6.07) is 12.6. The van der Waals surface area contributed by atoms with Crippen molar-refractivity contribution < 1.29 is 5.11 Å². The maximum atomic E-state index is 10.6. The van der Waals surface area contributed by atoms with Crippen LogP contribution in [-0.4, -0.2) is 5.11 Å². The van der Waals surface area contributed by atoms with Gasteiger partial charge in [-0.05, 0) is 36.2 Å². The van der Waals surface area contributed by atoms with Gasteiger partial charge in [-0.25, -0.2) is 0 Å². The van der Waals surface area contributed by atoms with Gasteiger partial charge in [0.2, 0.25) is 0 Å². The largest absolute Gasteiger partial charge is 0.385 e. The Balaban J connectivity index is 2.33. The molecule has 0 saturated heterocycles. The number of hydrogen-bond acceptors (Lipinski definition) is 1. The summed E-state index contributed by atoms with van der Waals surface area (Å²) in [4.78, 5) is 0. The van der Waals surface area contributed by atoms with Crippen LogP contribution in [0.3, 0.4) is 0 Å². The molecule has 0 fully saturated rings. The van der Waals surface area contributed by atoms with E-state index >= 15 is 0 Å². The minimum atomic E-state index is -1.06. The van der Waals surface area contributed by atoms with Crippen molar-refractivity contribution in [2.24, 2.45) is 0 Å². The summed E-state index contributed by atoms with van der Waals surface area (Å²) >= 11 is 18.1. The van der Waals surface area contributed by atoms with Crippen LogP contribution in [-0.2, 0) is 12.0 Å². The van der Waals surface area contributed by atoms with E-state index in [9.17, 15) is 5.11 Å². The molecule has 0 heterocycles. The number of aliphatic hydroxyl groups is 1. The molecule has 1 N–H and O–H groups in total. The van der Waals surface area contributed by atoms with Crippen molar-refractivity contribution >= 4 is 34.8 Å². The van der Waals surface area contributed by atoms with E-state index in [4.69, 9.17) is 34.8 Å². The molecule has 0 aliphatic rings. The second kappa shape index (κ2) is 5.72. The molecule has 0 bridgehead atoms. The minimum absolute atomic E-state index is 0.368. The maximum absolute atomic E-state index is 10.6. The highest BCUT2D eigenvalue weighted by Gasteiger charge is 2.25. The van der Waals surface area contributed by atoms with Gasteiger partial charge < -0.3 is 5.11 Å². The monoisotopic (exact) mass is 314 g/mol. The van der Waals surface area contributed by atoms with E-state index < -0.39 is 5.60 Å². The maximum Gasteiger partial charge on any atom is 0.0909 e. The van der Waals surface area contributed by atoms with Crippen molar-refractivity contribution in [3.8, 4) is 0 Å². The molecule has 0 saturated carbocycles. The number of halogens is 3. The Morgan fingerprint density at radius 1 is 1.05 bits per heavy atom. The second-order valence-electron chi connectivity index (χ2n) is 4.67. The van der Waals surface area contributed by atoms with Gasteiger partial charge in [0, 0.05) is 11.4 Å². The Labute approximate surface area is 127 Å². The van der Waals surface area contributed by atoms with Crippen LogP contribution < -0.4 is 0 Å². The number of rotatable bonds is 3. The lowest BCUT2D eigenvalue weighted by Gasteiger charge is -2.25. The Bertz CT molecular complexity index is 594. The summed E-state index contributed by atoms with van der Waals surface area (Å²) in [7, 11) is 0. The van der Waals surface area contributed by atoms with Gasteiger partial charge in [0.15, 0.2) is 0 Å². The lowest BCUT2D eigenvalue weighted by atomic mass is 9.89. The first-order valence-electron chi connectivity index (χ1n) is 5.81. The van der Waals surface area contributed by atoms with E-state index in [1.807, 2.05) is 24.3 Å². The highest BCUT2D eigenvalue weighted by molar-refractivity contribution is 6.42. The zero-order chi connectivity index (χ0) is 14.0. The molecule has 2 rings (SSSR count). The third kappa shape index (κ3) is 3.43. The molecule has 1 nitrogen and oxygen atoms in total. The van der Waals surface area contributed by atoms with Gasteiger partial charge in [0.25, 0.3) is 0 Å². The molecule has 0 radical (unpaired) electrons. The van der Waals surface area contributed by atoms with E-state index in [1.54, 1.807) is 25.1 Å². The molecule has 0 spiro atoms. The first-order chi connectivity index (χ1) is 8.90. The predicted octanol–water partition coefficient (Wildman–Crippen LogP) is 5.10. The molecular weight excluding hydrogens is 303 g/mol. The van der Waals surface area contributed by atoms with E-state index in [0.29, 0.717) is 21.5 Å². The third-order valence-electron chi connectivity index (χ3n) is 3.01. The van der Waals surface area contributed by atoms with Crippen LogP contribution in [0.25, 0.3) is 0 Å². The van der Waals surface area contributed by atoms with Crippen molar-refractivity contribution in [2.45, 2.75) is 18.9 Å². The van der Waals surface area contributed by atoms with Gasteiger partial charge in [0.05, 0.1) is 15.6 Å². The number of benzene rings is 2. The van der Waals surface area contributed by atoms with Gasteiger partial charge in [-0.2, -0.15) is 0 Å². The molecule has 1 atom stereocenters. The van der Waals surface area contributed by atoms with E-state index in [1.165, 1.54) is 0 Å². The lowest BCUT2D eigenvalue weighted by Crippen LogP contribution is -2.24. The summed E-state index contributed by atoms with van der Waals surface area (Å²) < 4.78 is 0. The highest BCUT2D eigenvalue weighted by Crippen LogP contribution is 2.32. The zero-order valence-electron chi connectivity index (χ0n) is 10.3. The lowest BCUT2D eigenvalue weighted by molar-refractivity contribution is 0.0576. The molecule has 0 aromatic heterocycles. The van der Waals surface area contributed by atoms with E-state index in [-0.39, 0.29) is 0 Å². The summed E-state index contributed by atoms with van der Waals surface area (Å²) in [6.45, 7) is 1.73. The molecule has 0 aliphatic carbocycles. The highest BCUT2D eigenvalue weighted by atomic mass is 35.5. The molecule has 1 unspecified atom stereocenters. The third-order valence-corrected chi connectivity index (χ3v) is 4.11. The molecule has 0 aliphatic heterocycles. The fourth-order valence-corrected chi connectivity index (χ4v) is 2.56. The summed E-state index contributed by atoms with van der Waals surface area (Å²) in [6.07, 6.45) is 0.368. The zero-order valence-corrected chi connectivity index (χ0v) is 12.6. The van der Waals surface area contributed by atoms with Crippen molar-refractivity contribution in [3.05, 3.63) is 68.7 Å². The normalized spacial score (nSPS) is 14.2. The van der Waals surface area contributed by atoms with Crippen LogP contribution in [0.1, 0.15) is 18.1 Å². The quantitative estimate of drug-likeness (QED) is 0.835. The topological polar surface area (TPSA) is 20.2 Å². The fourth-order valence-electron chi connectivity index (χ4n) is 1.98. The molecule has 2 aromatic carbocycles. The van der Waals surface area contributed by atoms with Crippen molar-refractivity contribution in [2.75, 3.05) is 0 Å². The first-order valence-corrected chi connectivity index (χ1v) is 6.95. The molecule has 100 valence electrons. The van der Waals surface area contributed by atoms with Crippen LogP contribution in [0.2, 0.25) is 15.1 Å². The molecule has 2 aromatic rings. The van der Waals surface area contributed by atoms with Crippen LogP contribution in [0.15, 0.2) is 42.5 Å². The Morgan fingerprint density at radius 3 is 2.42 bits per heavy atom. The fraction of sp³-hybridized carbons (Fsp3) is 0.200. The van der Waals surface area contributed by atoms with Crippen molar-refractivity contribution in [3.63, 3.8) is 0 Å². The Kier molecular flexibility index (Phi) is 4.42. The van der Waals surface area contributed by atoms with Gasteiger partial charge in [-0.1, -0.05) is 59.1 Å². The average Bonchev–Trinajstić information content (AvgIpc) is 2.35. The van der Waals surface area contributed by atoms with Crippen LogP contribution in [0, 0.1) is 0 Å². The van der Waals surface area contributed by atoms with Crippen LogP contribution in [0.5, 0.6) is 0 Å². The number of hydrogen-bond donors (Lipinski definition) is 1. The molecule has 4 heteroatoms. The van der Waals surface area contributed by atoms with Crippen LogP contribution in [0.4, 0.5) is 0 Å². The van der Waals surface area contributed by atoms with E-state index in [2.05, 4.69) is 0 Å². The van der Waals surface area contributed by atoms with Crippen molar-refractivity contribution in [1.82, 2.24) is 0 Å². The Hall–Kier alpha value is -0.730. The molecule has 0 amide bonds. The second-order valence-corrected chi connectivity index (χ2v) is 5.90. The molecular formula is C15H13Cl3O. The van der Waals surface area contributed by atoms with Crippen LogP contribution >= 0.6 is 34.8 Å². The predicted molar refractivity (Wildman–Crippen MR) is 81.2 cm³/mol. The van der Waals surface area contributed by atoms with Gasteiger partial charge in [0.1, 0.15) is 0 Å². The molecule has 19 heavy (non-hydrogen) atoms. The smallest absolute Gasteiger partial charge is 0.0909 e. The summed E-state index contributed by atoms with van der Waals surface area (Å²) in [5.41, 5.74) is 0.495. The average molecular weight is 316 g/mol. The standard InChI is InChI=1S/C15H13Cl3O/c1-15(19,11-5-3-6-12(16)8-11)9-10-4-2-7-13(17)14(10)18/h2-8,19H,9H2,1H3. The van der Waals surface area contributed by atoms with Gasteiger partial charge in [-0.15, -0.1) is 0 Å². The first kappa shape index (κ1) is 14.7. The van der Waals surface area contributed by atoms with Crippen molar-refractivity contribution in [1.29, 1.82) is 0 Å². The van der Waals surface area contributed by atoms with E-state index in [0.717, 1.165) is 11.1 Å².